The number of hydrogen-bond donors (Lipinski definition) is 2. The van der Waals surface area contributed by atoms with E-state index in [0.29, 0.717) is 22.3 Å². The molecule has 6 nitrogen and oxygen atoms in total. The number of ether oxygens (including phenoxy) is 1. The summed E-state index contributed by atoms with van der Waals surface area (Å²) in [6, 6.07) is 7.33. The van der Waals surface area contributed by atoms with Crippen molar-refractivity contribution in [3.63, 3.8) is 0 Å². The molecular formula is C17H14F3N5O. The van der Waals surface area contributed by atoms with Gasteiger partial charge >= 0.3 is 6.18 Å². The molecule has 0 radical (unpaired) electrons. The number of halogens is 3. The van der Waals surface area contributed by atoms with Crippen LogP contribution in [-0.4, -0.2) is 33.8 Å². The maximum Gasteiger partial charge on any atom is 0.426 e. The lowest BCUT2D eigenvalue weighted by molar-refractivity contribution is -0.192. The number of aromatic amines is 1. The summed E-state index contributed by atoms with van der Waals surface area (Å²) in [7, 11) is 0. The maximum atomic E-state index is 12.8. The molecule has 0 spiro atoms. The van der Waals surface area contributed by atoms with Crippen molar-refractivity contribution in [2.24, 2.45) is 5.73 Å². The summed E-state index contributed by atoms with van der Waals surface area (Å²) in [5.41, 5.74) is 7.61. The number of aryl methyl sites for hydroxylation is 1. The summed E-state index contributed by atoms with van der Waals surface area (Å²) in [5, 5.41) is 9.92. The monoisotopic (exact) mass is 361 g/mol. The molecule has 0 bridgehead atoms. The number of aromatic nitrogens is 3. The molecule has 3 N–H and O–H groups in total. The van der Waals surface area contributed by atoms with Crippen LogP contribution < -0.4 is 10.5 Å². The first-order chi connectivity index (χ1) is 12.3. The van der Waals surface area contributed by atoms with Gasteiger partial charge in [0.05, 0.1) is 23.0 Å². The number of hydrogen-bond acceptors (Lipinski definition) is 5. The van der Waals surface area contributed by atoms with Crippen LogP contribution in [0.5, 0.6) is 5.88 Å². The number of alkyl halides is 3. The third-order valence-electron chi connectivity index (χ3n) is 3.85. The second-order valence-electron chi connectivity index (χ2n) is 5.57. The van der Waals surface area contributed by atoms with Crippen LogP contribution in [0.3, 0.4) is 0 Å². The highest BCUT2D eigenvalue weighted by Gasteiger charge is 2.41. The lowest BCUT2D eigenvalue weighted by Gasteiger charge is -2.20. The van der Waals surface area contributed by atoms with Gasteiger partial charge in [-0.25, -0.2) is 9.97 Å². The molecule has 1 unspecified atom stereocenters. The maximum absolute atomic E-state index is 12.8. The second-order valence-corrected chi connectivity index (χ2v) is 5.57. The zero-order valence-corrected chi connectivity index (χ0v) is 13.6. The Bertz CT molecular complexity index is 990. The van der Waals surface area contributed by atoms with Crippen LogP contribution in [0.15, 0.2) is 30.6 Å². The zero-order chi connectivity index (χ0) is 18.9. The van der Waals surface area contributed by atoms with Crippen molar-refractivity contribution in [2.45, 2.75) is 19.2 Å². The molecule has 3 rings (SSSR count). The smallest absolute Gasteiger partial charge is 0.426 e. The molecule has 0 aliphatic rings. The average molecular weight is 361 g/mol. The Kier molecular flexibility index (Phi) is 4.52. The van der Waals surface area contributed by atoms with Gasteiger partial charge in [-0.15, -0.1) is 0 Å². The number of benzene rings is 1. The van der Waals surface area contributed by atoms with E-state index in [9.17, 15) is 13.2 Å². The van der Waals surface area contributed by atoms with Crippen molar-refractivity contribution >= 4 is 10.9 Å². The zero-order valence-electron chi connectivity index (χ0n) is 13.6. The first-order valence-electron chi connectivity index (χ1n) is 7.62. The molecule has 3 aromatic rings. The lowest BCUT2D eigenvalue weighted by atomic mass is 10.1. The molecule has 0 amide bonds. The van der Waals surface area contributed by atoms with Gasteiger partial charge in [0, 0.05) is 23.7 Å². The van der Waals surface area contributed by atoms with Crippen molar-refractivity contribution in [2.75, 3.05) is 6.54 Å². The number of fused-ring (bicyclic) bond motifs is 1. The highest BCUT2D eigenvalue weighted by atomic mass is 19.4. The minimum Gasteiger partial charge on any atom is -0.462 e. The Labute approximate surface area is 146 Å². The Hall–Kier alpha value is -3.12. The summed E-state index contributed by atoms with van der Waals surface area (Å²) < 4.78 is 43.3. The third kappa shape index (κ3) is 3.19. The van der Waals surface area contributed by atoms with E-state index in [1.54, 1.807) is 18.3 Å². The van der Waals surface area contributed by atoms with Crippen molar-refractivity contribution in [1.29, 1.82) is 5.26 Å². The fraction of sp³-hybridized carbons (Fsp3) is 0.235. The fourth-order valence-electron chi connectivity index (χ4n) is 2.56. The van der Waals surface area contributed by atoms with E-state index >= 15 is 0 Å². The Morgan fingerprint density at radius 1 is 1.38 bits per heavy atom. The first kappa shape index (κ1) is 17.7. The average Bonchev–Trinajstić information content (AvgIpc) is 3.03. The molecule has 0 saturated heterocycles. The minimum absolute atomic E-state index is 0.205. The molecule has 0 aliphatic carbocycles. The van der Waals surface area contributed by atoms with Gasteiger partial charge in [0.15, 0.2) is 0 Å². The molecule has 2 aromatic heterocycles. The van der Waals surface area contributed by atoms with Crippen molar-refractivity contribution in [1.82, 2.24) is 15.0 Å². The summed E-state index contributed by atoms with van der Waals surface area (Å²) >= 11 is 0. The van der Waals surface area contributed by atoms with Gasteiger partial charge in [-0.1, -0.05) is 12.1 Å². The summed E-state index contributed by atoms with van der Waals surface area (Å²) in [6.07, 6.45) is -3.74. The number of nitrogens with one attached hydrogen (secondary N) is 1. The molecule has 134 valence electrons. The van der Waals surface area contributed by atoms with Gasteiger partial charge in [-0.05, 0) is 13.0 Å². The van der Waals surface area contributed by atoms with Crippen LogP contribution in [-0.2, 0) is 0 Å². The van der Waals surface area contributed by atoms with Crippen molar-refractivity contribution < 1.29 is 17.9 Å². The van der Waals surface area contributed by atoms with Crippen molar-refractivity contribution in [3.8, 4) is 23.2 Å². The Balaban J connectivity index is 1.97. The van der Waals surface area contributed by atoms with Gasteiger partial charge in [-0.3, -0.25) is 0 Å². The van der Waals surface area contributed by atoms with Crippen LogP contribution in [0.2, 0.25) is 0 Å². The van der Waals surface area contributed by atoms with Gasteiger partial charge in [0.25, 0.3) is 0 Å². The number of para-hydroxylation sites is 1. The standard InChI is InChI=1S/C17H14F3N5O/c1-9-16(26-14(6-22)17(18,19)20)24-8-13(25-9)12-7-23-15-10(5-21)3-2-4-11(12)15/h2-4,7-8,14,23H,6,22H2,1H3. The van der Waals surface area contributed by atoms with Crippen molar-refractivity contribution in [3.05, 3.63) is 41.9 Å². The van der Waals surface area contributed by atoms with E-state index in [-0.39, 0.29) is 11.6 Å². The highest BCUT2D eigenvalue weighted by Crippen LogP contribution is 2.30. The highest BCUT2D eigenvalue weighted by molar-refractivity contribution is 5.97. The number of nitrogens with two attached hydrogens (primary N) is 1. The number of nitrogens with zero attached hydrogens (tertiary/aromatic N) is 3. The van der Waals surface area contributed by atoms with Crippen LogP contribution in [0.25, 0.3) is 22.2 Å². The molecule has 0 fully saturated rings. The molecule has 0 saturated carbocycles. The first-order valence-corrected chi connectivity index (χ1v) is 7.62. The van der Waals surface area contributed by atoms with E-state index < -0.39 is 18.8 Å². The van der Waals surface area contributed by atoms with Gasteiger partial charge in [-0.2, -0.15) is 18.4 Å². The molecule has 1 aromatic carbocycles. The minimum atomic E-state index is -4.59. The van der Waals surface area contributed by atoms with Crippen LogP contribution >= 0.6 is 0 Å². The largest absolute Gasteiger partial charge is 0.462 e. The molecule has 1 atom stereocenters. The van der Waals surface area contributed by atoms with E-state index in [4.69, 9.17) is 15.7 Å². The summed E-state index contributed by atoms with van der Waals surface area (Å²) in [6.45, 7) is 0.789. The van der Waals surface area contributed by atoms with E-state index in [2.05, 4.69) is 21.0 Å². The van der Waals surface area contributed by atoms with Gasteiger partial charge in [0.2, 0.25) is 12.0 Å². The summed E-state index contributed by atoms with van der Waals surface area (Å²) in [4.78, 5) is 11.3. The number of nitriles is 1. The number of rotatable bonds is 4. The number of H-pyrrole nitrogens is 1. The van der Waals surface area contributed by atoms with Gasteiger partial charge < -0.3 is 15.5 Å². The Morgan fingerprint density at radius 3 is 2.77 bits per heavy atom. The molecule has 9 heteroatoms. The van der Waals surface area contributed by atoms with E-state index in [1.165, 1.54) is 13.1 Å². The van der Waals surface area contributed by atoms with Crippen LogP contribution in [0.4, 0.5) is 13.2 Å². The van der Waals surface area contributed by atoms with Crippen LogP contribution in [0, 0.1) is 18.3 Å². The summed E-state index contributed by atoms with van der Waals surface area (Å²) in [5.74, 6) is -0.223. The van der Waals surface area contributed by atoms with Crippen LogP contribution in [0.1, 0.15) is 11.3 Å². The topological polar surface area (TPSA) is 101 Å². The van der Waals surface area contributed by atoms with E-state index in [0.717, 1.165) is 5.39 Å². The second kappa shape index (κ2) is 6.65. The van der Waals surface area contributed by atoms with Gasteiger partial charge in [0.1, 0.15) is 11.8 Å². The molecule has 0 aliphatic heterocycles. The predicted octanol–water partition coefficient (Wildman–Crippen LogP) is 3.07. The SMILES string of the molecule is Cc1nc(-c2c[nH]c3c(C#N)cccc23)cnc1OC(CN)C(F)(F)F. The molecule has 26 heavy (non-hydrogen) atoms. The molecular weight excluding hydrogens is 347 g/mol. The quantitative estimate of drug-likeness (QED) is 0.744. The predicted molar refractivity (Wildman–Crippen MR) is 88.3 cm³/mol. The lowest BCUT2D eigenvalue weighted by Crippen LogP contribution is -2.41. The third-order valence-corrected chi connectivity index (χ3v) is 3.85. The Morgan fingerprint density at radius 2 is 2.15 bits per heavy atom. The molecule has 2 heterocycles. The fourth-order valence-corrected chi connectivity index (χ4v) is 2.56. The van der Waals surface area contributed by atoms with E-state index in [1.807, 2.05) is 6.07 Å². The normalized spacial score (nSPS) is 12.8.